The van der Waals surface area contributed by atoms with E-state index < -0.39 is 0 Å². The molecule has 0 spiro atoms. The highest BCUT2D eigenvalue weighted by Gasteiger charge is 2.12. The van der Waals surface area contributed by atoms with Gasteiger partial charge in [-0.2, -0.15) is 0 Å². The fraction of sp³-hybridized carbons (Fsp3) is 0.0714. The lowest BCUT2D eigenvalue weighted by molar-refractivity contribution is 0.103. The van der Waals surface area contributed by atoms with Gasteiger partial charge in [0.05, 0.1) is 0 Å². The van der Waals surface area contributed by atoms with Crippen molar-refractivity contribution in [2.24, 2.45) is 0 Å². The number of carbonyl (C=O) groups is 1. The maximum Gasteiger partial charge on any atom is 0.195 e. The minimum Gasteiger partial charge on any atom is -0.388 e. The largest absolute Gasteiger partial charge is 0.388 e. The van der Waals surface area contributed by atoms with Crippen LogP contribution in [-0.2, 0) is 0 Å². The minimum atomic E-state index is -0.00776. The third-order valence-corrected chi connectivity index (χ3v) is 2.80. The Balaban J connectivity index is 2.40. The summed E-state index contributed by atoms with van der Waals surface area (Å²) in [5.74, 6) is -0.00776. The van der Waals surface area contributed by atoms with Crippen LogP contribution in [0.1, 0.15) is 15.9 Å². The summed E-state index contributed by atoms with van der Waals surface area (Å²) in [5.41, 5.74) is 2.13. The normalized spacial score (nSPS) is 10.0. The molecule has 0 saturated heterocycles. The molecule has 0 atom stereocenters. The molecule has 17 heavy (non-hydrogen) atoms. The van der Waals surface area contributed by atoms with Gasteiger partial charge in [-0.3, -0.25) is 4.79 Å². The van der Waals surface area contributed by atoms with Gasteiger partial charge in [-0.05, 0) is 36.4 Å². The molecule has 2 aromatic carbocycles. The first-order valence-corrected chi connectivity index (χ1v) is 5.67. The summed E-state index contributed by atoms with van der Waals surface area (Å²) >= 11 is 5.80. The summed E-state index contributed by atoms with van der Waals surface area (Å²) in [6, 6.07) is 14.3. The number of halogens is 1. The number of anilines is 1. The average molecular weight is 246 g/mol. The molecule has 0 unspecified atom stereocenters. The molecule has 0 saturated carbocycles. The lowest BCUT2D eigenvalue weighted by Crippen LogP contribution is -2.05. The number of nitrogens with one attached hydrogen (secondary N) is 1. The highest BCUT2D eigenvalue weighted by molar-refractivity contribution is 6.30. The number of rotatable bonds is 3. The number of hydrogen-bond acceptors (Lipinski definition) is 2. The standard InChI is InChI=1S/C14H12ClNO/c1-16-13-5-3-2-4-12(13)14(17)10-6-8-11(15)9-7-10/h2-9,16H,1H3. The fourth-order valence-electron chi connectivity index (χ4n) is 1.66. The lowest BCUT2D eigenvalue weighted by atomic mass is 10.0. The van der Waals surface area contributed by atoms with E-state index in [1.54, 1.807) is 31.3 Å². The summed E-state index contributed by atoms with van der Waals surface area (Å²) in [5, 5.41) is 3.64. The highest BCUT2D eigenvalue weighted by Crippen LogP contribution is 2.19. The molecule has 0 bridgehead atoms. The van der Waals surface area contributed by atoms with Crippen LogP contribution in [0.25, 0.3) is 0 Å². The summed E-state index contributed by atoms with van der Waals surface area (Å²) in [6.45, 7) is 0. The molecule has 0 radical (unpaired) electrons. The van der Waals surface area contributed by atoms with Crippen molar-refractivity contribution in [2.75, 3.05) is 12.4 Å². The maximum atomic E-state index is 12.3. The van der Waals surface area contributed by atoms with Crippen LogP contribution in [0.4, 0.5) is 5.69 Å². The van der Waals surface area contributed by atoms with E-state index in [2.05, 4.69) is 5.32 Å². The van der Waals surface area contributed by atoms with Gasteiger partial charge in [0, 0.05) is 28.9 Å². The van der Waals surface area contributed by atoms with Gasteiger partial charge in [0.25, 0.3) is 0 Å². The van der Waals surface area contributed by atoms with Crippen molar-refractivity contribution in [3.8, 4) is 0 Å². The van der Waals surface area contributed by atoms with Crippen molar-refractivity contribution in [3.63, 3.8) is 0 Å². The van der Waals surface area contributed by atoms with Gasteiger partial charge < -0.3 is 5.32 Å². The molecule has 0 amide bonds. The second kappa shape index (κ2) is 5.02. The molecule has 0 aromatic heterocycles. The average Bonchev–Trinajstić information content (AvgIpc) is 2.39. The molecule has 2 nitrogen and oxygen atoms in total. The predicted molar refractivity (Wildman–Crippen MR) is 70.9 cm³/mol. The first-order chi connectivity index (χ1) is 8.22. The smallest absolute Gasteiger partial charge is 0.195 e. The van der Waals surface area contributed by atoms with Gasteiger partial charge in [0.1, 0.15) is 0 Å². The van der Waals surface area contributed by atoms with Crippen LogP contribution in [0.2, 0.25) is 5.02 Å². The van der Waals surface area contributed by atoms with E-state index in [0.717, 1.165) is 5.69 Å². The van der Waals surface area contributed by atoms with Crippen LogP contribution in [0.5, 0.6) is 0 Å². The van der Waals surface area contributed by atoms with E-state index in [4.69, 9.17) is 11.6 Å². The second-order valence-corrected chi connectivity index (χ2v) is 4.07. The first kappa shape index (κ1) is 11.7. The number of hydrogen-bond donors (Lipinski definition) is 1. The molecule has 0 heterocycles. The molecular weight excluding hydrogens is 234 g/mol. The Morgan fingerprint density at radius 1 is 1.06 bits per heavy atom. The van der Waals surface area contributed by atoms with Gasteiger partial charge in [-0.25, -0.2) is 0 Å². The lowest BCUT2D eigenvalue weighted by Gasteiger charge is -2.07. The molecule has 0 aliphatic carbocycles. The van der Waals surface area contributed by atoms with E-state index in [1.165, 1.54) is 0 Å². The molecule has 2 aromatic rings. The Morgan fingerprint density at radius 2 is 1.71 bits per heavy atom. The Bertz CT molecular complexity index is 534. The van der Waals surface area contributed by atoms with E-state index in [9.17, 15) is 4.79 Å². The van der Waals surface area contributed by atoms with Gasteiger partial charge in [0.2, 0.25) is 0 Å². The minimum absolute atomic E-state index is 0.00776. The van der Waals surface area contributed by atoms with Crippen LogP contribution in [-0.4, -0.2) is 12.8 Å². The zero-order valence-corrected chi connectivity index (χ0v) is 10.2. The van der Waals surface area contributed by atoms with Crippen molar-refractivity contribution < 1.29 is 4.79 Å². The van der Waals surface area contributed by atoms with E-state index >= 15 is 0 Å². The van der Waals surface area contributed by atoms with Gasteiger partial charge in [-0.15, -0.1) is 0 Å². The number of para-hydroxylation sites is 1. The van der Waals surface area contributed by atoms with Crippen LogP contribution in [0.3, 0.4) is 0 Å². The number of carbonyl (C=O) groups excluding carboxylic acids is 1. The van der Waals surface area contributed by atoms with Crippen LogP contribution < -0.4 is 5.32 Å². The highest BCUT2D eigenvalue weighted by atomic mass is 35.5. The number of ketones is 1. The molecule has 86 valence electrons. The van der Waals surface area contributed by atoms with Crippen molar-refractivity contribution in [2.45, 2.75) is 0 Å². The zero-order valence-electron chi connectivity index (χ0n) is 9.41. The van der Waals surface area contributed by atoms with Gasteiger partial charge in [-0.1, -0.05) is 23.7 Å². The summed E-state index contributed by atoms with van der Waals surface area (Å²) in [7, 11) is 1.80. The Kier molecular flexibility index (Phi) is 3.45. The Labute approximate surface area is 105 Å². The fourth-order valence-corrected chi connectivity index (χ4v) is 1.78. The van der Waals surface area contributed by atoms with Crippen molar-refractivity contribution in [3.05, 3.63) is 64.7 Å². The van der Waals surface area contributed by atoms with Gasteiger partial charge >= 0.3 is 0 Å². The van der Waals surface area contributed by atoms with Gasteiger partial charge in [0.15, 0.2) is 5.78 Å². The SMILES string of the molecule is CNc1ccccc1C(=O)c1ccc(Cl)cc1. The van der Waals surface area contributed by atoms with Crippen LogP contribution >= 0.6 is 11.6 Å². The third kappa shape index (κ3) is 2.48. The third-order valence-electron chi connectivity index (χ3n) is 2.55. The molecule has 0 aliphatic rings. The molecule has 0 fully saturated rings. The molecule has 1 N–H and O–H groups in total. The summed E-state index contributed by atoms with van der Waals surface area (Å²) in [4.78, 5) is 12.3. The summed E-state index contributed by atoms with van der Waals surface area (Å²) in [6.07, 6.45) is 0. The maximum absolute atomic E-state index is 12.3. The van der Waals surface area contributed by atoms with E-state index in [1.807, 2.05) is 24.3 Å². The Morgan fingerprint density at radius 3 is 2.35 bits per heavy atom. The van der Waals surface area contributed by atoms with E-state index in [0.29, 0.717) is 16.1 Å². The van der Waals surface area contributed by atoms with Crippen molar-refractivity contribution >= 4 is 23.1 Å². The van der Waals surface area contributed by atoms with E-state index in [-0.39, 0.29) is 5.78 Å². The van der Waals surface area contributed by atoms with Crippen molar-refractivity contribution in [1.29, 1.82) is 0 Å². The van der Waals surface area contributed by atoms with Crippen LogP contribution in [0.15, 0.2) is 48.5 Å². The van der Waals surface area contributed by atoms with Crippen molar-refractivity contribution in [1.82, 2.24) is 0 Å². The summed E-state index contributed by atoms with van der Waals surface area (Å²) < 4.78 is 0. The topological polar surface area (TPSA) is 29.1 Å². The first-order valence-electron chi connectivity index (χ1n) is 5.29. The molecule has 3 heteroatoms. The zero-order chi connectivity index (χ0) is 12.3. The number of benzene rings is 2. The Hall–Kier alpha value is -1.80. The monoisotopic (exact) mass is 245 g/mol. The second-order valence-electron chi connectivity index (χ2n) is 3.63. The molecule has 2 rings (SSSR count). The molecule has 0 aliphatic heterocycles. The van der Waals surface area contributed by atoms with Crippen LogP contribution in [0, 0.1) is 0 Å². The molecular formula is C14H12ClNO. The quantitative estimate of drug-likeness (QED) is 0.837. The predicted octanol–water partition coefficient (Wildman–Crippen LogP) is 3.61.